The summed E-state index contributed by atoms with van der Waals surface area (Å²) < 4.78 is 12.9. The molecule has 0 atom stereocenters. The zero-order valence-corrected chi connectivity index (χ0v) is 12.1. The Morgan fingerprint density at radius 1 is 0.905 bits per heavy atom. The molecule has 114 valence electrons. The monoisotopic (exact) mass is 292 g/mol. The number of carbonyl (C=O) groups is 1. The molecule has 6 heteroatoms. The van der Waals surface area contributed by atoms with E-state index >= 15 is 0 Å². The van der Waals surface area contributed by atoms with Gasteiger partial charge in [-0.2, -0.15) is 0 Å². The van der Waals surface area contributed by atoms with Crippen LogP contribution in [0.5, 0.6) is 0 Å². The van der Waals surface area contributed by atoms with Gasteiger partial charge < -0.3 is 20.0 Å². The van der Waals surface area contributed by atoms with E-state index in [9.17, 15) is 9.18 Å². The Labute approximate surface area is 124 Å². The van der Waals surface area contributed by atoms with Crippen molar-refractivity contribution in [2.24, 2.45) is 0 Å². The van der Waals surface area contributed by atoms with E-state index in [1.807, 2.05) is 9.80 Å². The number of halogens is 1. The third kappa shape index (κ3) is 3.26. The van der Waals surface area contributed by atoms with Crippen molar-refractivity contribution in [2.45, 2.75) is 0 Å². The maximum atomic E-state index is 12.9. The molecule has 0 unspecified atom stereocenters. The Balaban J connectivity index is 1.54. The van der Waals surface area contributed by atoms with Crippen molar-refractivity contribution < 1.29 is 9.18 Å². The molecule has 0 radical (unpaired) electrons. The zero-order valence-electron chi connectivity index (χ0n) is 12.1. The number of hydrogen-bond acceptors (Lipinski definition) is 3. The van der Waals surface area contributed by atoms with Gasteiger partial charge in [-0.25, -0.2) is 9.18 Å². The second-order valence-electron chi connectivity index (χ2n) is 5.47. The van der Waals surface area contributed by atoms with E-state index in [-0.39, 0.29) is 11.8 Å². The lowest BCUT2D eigenvalue weighted by Gasteiger charge is -2.39. The van der Waals surface area contributed by atoms with Gasteiger partial charge in [0.2, 0.25) is 0 Å². The number of piperazine rings is 2. The van der Waals surface area contributed by atoms with Crippen LogP contribution in [0.4, 0.5) is 14.9 Å². The normalized spacial score (nSPS) is 19.8. The first-order chi connectivity index (χ1) is 10.2. The van der Waals surface area contributed by atoms with Crippen LogP contribution >= 0.6 is 0 Å². The summed E-state index contributed by atoms with van der Waals surface area (Å²) in [5, 5.41) is 3.25. The molecular formula is C15H21FN4O. The average Bonchev–Trinajstić information content (AvgIpc) is 2.56. The van der Waals surface area contributed by atoms with E-state index in [0.29, 0.717) is 0 Å². The molecule has 0 saturated carbocycles. The van der Waals surface area contributed by atoms with Crippen LogP contribution in [-0.2, 0) is 0 Å². The highest BCUT2D eigenvalue weighted by Gasteiger charge is 2.26. The topological polar surface area (TPSA) is 38.8 Å². The van der Waals surface area contributed by atoms with Crippen LogP contribution in [0.2, 0.25) is 0 Å². The number of hydrogen-bond donors (Lipinski definition) is 1. The SMILES string of the molecule is O=C(N1CCNCC1)N1CCN(c2ccc(F)cc2)CC1. The molecule has 1 aromatic carbocycles. The lowest BCUT2D eigenvalue weighted by atomic mass is 10.2. The van der Waals surface area contributed by atoms with E-state index in [2.05, 4.69) is 10.2 Å². The van der Waals surface area contributed by atoms with Gasteiger partial charge in [-0.1, -0.05) is 0 Å². The minimum atomic E-state index is -0.216. The largest absolute Gasteiger partial charge is 0.368 e. The Bertz CT molecular complexity index is 479. The lowest BCUT2D eigenvalue weighted by Crippen LogP contribution is -2.56. The molecule has 2 fully saturated rings. The molecule has 1 aromatic rings. The molecule has 5 nitrogen and oxygen atoms in total. The fourth-order valence-electron chi connectivity index (χ4n) is 2.86. The predicted octanol–water partition coefficient (Wildman–Crippen LogP) is 0.973. The smallest absolute Gasteiger partial charge is 0.320 e. The van der Waals surface area contributed by atoms with Crippen LogP contribution in [0, 0.1) is 5.82 Å². The summed E-state index contributed by atoms with van der Waals surface area (Å²) in [6.45, 7) is 6.36. The Morgan fingerprint density at radius 3 is 2.10 bits per heavy atom. The molecule has 0 spiro atoms. The van der Waals surface area contributed by atoms with Gasteiger partial charge in [0.25, 0.3) is 0 Å². The summed E-state index contributed by atoms with van der Waals surface area (Å²) in [5.74, 6) is -0.216. The molecule has 0 aromatic heterocycles. The molecule has 2 amide bonds. The number of amides is 2. The van der Waals surface area contributed by atoms with Gasteiger partial charge in [-0.05, 0) is 24.3 Å². The quantitative estimate of drug-likeness (QED) is 0.838. The maximum absolute atomic E-state index is 12.9. The third-order valence-corrected chi connectivity index (χ3v) is 4.13. The minimum Gasteiger partial charge on any atom is -0.368 e. The number of rotatable bonds is 1. The second-order valence-corrected chi connectivity index (χ2v) is 5.47. The molecule has 2 saturated heterocycles. The molecule has 21 heavy (non-hydrogen) atoms. The summed E-state index contributed by atoms with van der Waals surface area (Å²) >= 11 is 0. The van der Waals surface area contributed by atoms with E-state index in [1.165, 1.54) is 12.1 Å². The number of nitrogens with zero attached hydrogens (tertiary/aromatic N) is 3. The highest BCUT2D eigenvalue weighted by atomic mass is 19.1. The van der Waals surface area contributed by atoms with Crippen molar-refractivity contribution in [1.29, 1.82) is 0 Å². The molecule has 1 N–H and O–H groups in total. The Hall–Kier alpha value is -1.82. The first kappa shape index (κ1) is 14.1. The number of carbonyl (C=O) groups excluding carboxylic acids is 1. The van der Waals surface area contributed by atoms with Crippen molar-refractivity contribution in [3.63, 3.8) is 0 Å². The van der Waals surface area contributed by atoms with E-state index in [4.69, 9.17) is 0 Å². The lowest BCUT2D eigenvalue weighted by molar-refractivity contribution is 0.144. The van der Waals surface area contributed by atoms with Crippen LogP contribution in [0.25, 0.3) is 0 Å². The molecule has 2 aliphatic rings. The highest BCUT2D eigenvalue weighted by molar-refractivity contribution is 5.75. The minimum absolute atomic E-state index is 0.148. The van der Waals surface area contributed by atoms with E-state index in [1.54, 1.807) is 12.1 Å². The molecule has 2 aliphatic heterocycles. The summed E-state index contributed by atoms with van der Waals surface area (Å²) in [4.78, 5) is 18.4. The molecule has 0 bridgehead atoms. The first-order valence-corrected chi connectivity index (χ1v) is 7.49. The first-order valence-electron chi connectivity index (χ1n) is 7.49. The van der Waals surface area contributed by atoms with Crippen molar-refractivity contribution in [3.8, 4) is 0 Å². The summed E-state index contributed by atoms with van der Waals surface area (Å²) in [6, 6.07) is 6.70. The average molecular weight is 292 g/mol. The number of urea groups is 1. The van der Waals surface area contributed by atoms with Crippen LogP contribution < -0.4 is 10.2 Å². The molecule has 2 heterocycles. The van der Waals surface area contributed by atoms with Crippen LogP contribution in [-0.4, -0.2) is 68.2 Å². The fraction of sp³-hybridized carbons (Fsp3) is 0.533. The van der Waals surface area contributed by atoms with Gasteiger partial charge in [-0.3, -0.25) is 0 Å². The molecule has 3 rings (SSSR count). The van der Waals surface area contributed by atoms with Crippen molar-refractivity contribution in [2.75, 3.05) is 57.3 Å². The predicted molar refractivity (Wildman–Crippen MR) is 80.0 cm³/mol. The van der Waals surface area contributed by atoms with Crippen LogP contribution in [0.3, 0.4) is 0 Å². The summed E-state index contributed by atoms with van der Waals surface area (Å²) in [6.07, 6.45) is 0. The Morgan fingerprint density at radius 2 is 1.48 bits per heavy atom. The fourth-order valence-corrected chi connectivity index (χ4v) is 2.86. The summed E-state index contributed by atoms with van der Waals surface area (Å²) in [7, 11) is 0. The van der Waals surface area contributed by atoms with E-state index < -0.39 is 0 Å². The second kappa shape index (κ2) is 6.30. The van der Waals surface area contributed by atoms with Crippen molar-refractivity contribution in [3.05, 3.63) is 30.1 Å². The van der Waals surface area contributed by atoms with Gasteiger partial charge in [0.05, 0.1) is 0 Å². The number of nitrogens with one attached hydrogen (secondary N) is 1. The van der Waals surface area contributed by atoms with Gasteiger partial charge in [0.1, 0.15) is 5.82 Å². The van der Waals surface area contributed by atoms with Crippen molar-refractivity contribution in [1.82, 2.24) is 15.1 Å². The van der Waals surface area contributed by atoms with E-state index in [0.717, 1.165) is 58.0 Å². The third-order valence-electron chi connectivity index (χ3n) is 4.13. The van der Waals surface area contributed by atoms with Gasteiger partial charge in [0.15, 0.2) is 0 Å². The van der Waals surface area contributed by atoms with Crippen molar-refractivity contribution >= 4 is 11.7 Å². The molecular weight excluding hydrogens is 271 g/mol. The number of benzene rings is 1. The number of anilines is 1. The van der Waals surface area contributed by atoms with Gasteiger partial charge in [-0.15, -0.1) is 0 Å². The standard InChI is InChI=1S/C15H21FN4O/c16-13-1-3-14(4-2-13)18-9-11-20(12-10-18)15(21)19-7-5-17-6-8-19/h1-4,17H,5-12H2. The van der Waals surface area contributed by atoms with Gasteiger partial charge >= 0.3 is 6.03 Å². The van der Waals surface area contributed by atoms with Crippen LogP contribution in [0.15, 0.2) is 24.3 Å². The summed E-state index contributed by atoms with van der Waals surface area (Å²) in [5.41, 5.74) is 1.02. The zero-order chi connectivity index (χ0) is 14.7. The highest BCUT2D eigenvalue weighted by Crippen LogP contribution is 2.17. The van der Waals surface area contributed by atoms with Crippen LogP contribution in [0.1, 0.15) is 0 Å². The molecule has 0 aliphatic carbocycles. The maximum Gasteiger partial charge on any atom is 0.320 e. The Kier molecular flexibility index (Phi) is 4.24. The van der Waals surface area contributed by atoms with Gasteiger partial charge in [0, 0.05) is 58.0 Å².